The van der Waals surface area contributed by atoms with Gasteiger partial charge in [-0.25, -0.2) is 14.4 Å². The molecule has 462 valence electrons. The van der Waals surface area contributed by atoms with Gasteiger partial charge in [-0.3, -0.25) is 33.9 Å². The van der Waals surface area contributed by atoms with E-state index in [4.69, 9.17) is 61.2 Å². The number of aromatic nitrogens is 3. The predicted octanol–water partition coefficient (Wildman–Crippen LogP) is 1.93. The number of benzene rings is 2. The van der Waals surface area contributed by atoms with Gasteiger partial charge in [-0.1, -0.05) is 24.6 Å². The Hall–Kier alpha value is -6.01. The molecule has 1 aliphatic rings. The van der Waals surface area contributed by atoms with Crippen LogP contribution in [-0.4, -0.2) is 259 Å². The number of aldehydes is 1. The van der Waals surface area contributed by atoms with Crippen LogP contribution in [0.2, 0.25) is 5.02 Å². The van der Waals surface area contributed by atoms with Gasteiger partial charge in [0.15, 0.2) is 0 Å². The van der Waals surface area contributed by atoms with E-state index in [1.165, 1.54) is 12.1 Å². The van der Waals surface area contributed by atoms with Crippen LogP contribution in [0.3, 0.4) is 0 Å². The van der Waals surface area contributed by atoms with Crippen molar-refractivity contribution >= 4 is 64.2 Å². The molecule has 1 saturated heterocycles. The molecule has 10 N–H and O–H groups in total. The van der Waals surface area contributed by atoms with Gasteiger partial charge in [0.05, 0.1) is 115 Å². The molecule has 5 rings (SSSR count). The lowest BCUT2D eigenvalue weighted by atomic mass is 9.96. The summed E-state index contributed by atoms with van der Waals surface area (Å²) in [7, 11) is 1.00. The fraction of sp³-hybridized carbons (Fsp3) is 0.589. The zero-order valence-electron chi connectivity index (χ0n) is 48.1. The first-order valence-electron chi connectivity index (χ1n) is 28.0. The van der Waals surface area contributed by atoms with Gasteiger partial charge in [0.2, 0.25) is 11.8 Å². The standard InChI is InChI=1S/C55H82ClFN12O12.CH4O/c1-3-66(38-50(73)74)16-17-67(20-21-70)18-19-68(39-51(75)76)15-11-59-37-49(72)61-12-23-78-25-27-80-29-31-81-30-28-79-26-24-77-22-8-48(71)60-9-10-62-54-52(55-64-46-5-4-42(56)35-47(46)65-55)53(69-13-6-44(58)7-14-69)45(36-63-54)41-32-40(2)33-43(57)34-41;1-2/h4-5,21,32-36,44,59H,3,6-20,22-31,37-39,58H2,1-2H3,(H,60,71)(H,61,72)(H,62,63)(H,64,65)(H,73,74)(H,75,76);2H,1H3. The number of H-pyrrole nitrogens is 1. The summed E-state index contributed by atoms with van der Waals surface area (Å²) in [5.74, 6) is -1.54. The van der Waals surface area contributed by atoms with Crippen LogP contribution in [0.1, 0.15) is 31.7 Å². The highest BCUT2D eigenvalue weighted by Crippen LogP contribution is 2.44. The maximum atomic E-state index is 14.9. The van der Waals surface area contributed by atoms with Crippen LogP contribution < -0.4 is 31.9 Å². The monoisotopic (exact) mass is 1190 g/mol. The van der Waals surface area contributed by atoms with Gasteiger partial charge < -0.3 is 80.7 Å². The fourth-order valence-electron chi connectivity index (χ4n) is 8.86. The van der Waals surface area contributed by atoms with E-state index in [1.807, 2.05) is 36.9 Å². The molecule has 0 radical (unpaired) electrons. The number of aliphatic carboxylic acids is 2. The number of rotatable bonds is 43. The van der Waals surface area contributed by atoms with Crippen molar-refractivity contribution in [2.45, 2.75) is 39.2 Å². The average molecular weight is 1190 g/mol. The lowest BCUT2D eigenvalue weighted by Crippen LogP contribution is -2.44. The van der Waals surface area contributed by atoms with E-state index in [0.29, 0.717) is 166 Å². The molecule has 25 nitrogen and oxygen atoms in total. The van der Waals surface area contributed by atoms with Crippen LogP contribution in [0, 0.1) is 12.7 Å². The minimum atomic E-state index is -0.994. The van der Waals surface area contributed by atoms with Crippen molar-refractivity contribution in [1.82, 2.24) is 45.6 Å². The lowest BCUT2D eigenvalue weighted by Gasteiger charge is -2.35. The number of anilines is 2. The number of ether oxygens (including phenoxy) is 5. The van der Waals surface area contributed by atoms with Crippen molar-refractivity contribution in [1.29, 1.82) is 0 Å². The number of piperidine rings is 1. The molecule has 3 heterocycles. The third kappa shape index (κ3) is 27.1. The Morgan fingerprint density at radius 3 is 2.01 bits per heavy atom. The zero-order chi connectivity index (χ0) is 60.2. The number of amides is 2. The summed E-state index contributed by atoms with van der Waals surface area (Å²) in [4.78, 5) is 79.6. The van der Waals surface area contributed by atoms with Gasteiger partial charge in [0, 0.05) is 108 Å². The number of pyridine rings is 1. The van der Waals surface area contributed by atoms with Crippen LogP contribution in [0.25, 0.3) is 33.5 Å². The zero-order valence-corrected chi connectivity index (χ0v) is 48.9. The summed E-state index contributed by atoms with van der Waals surface area (Å²) in [5, 5.41) is 38.2. The lowest BCUT2D eigenvalue weighted by molar-refractivity contribution is -0.139. The Balaban J connectivity index is 0.00000731. The number of nitrogens with two attached hydrogens (primary N) is 1. The van der Waals surface area contributed by atoms with Crippen molar-refractivity contribution in [2.75, 3.05) is 188 Å². The number of imidazole rings is 1. The molecule has 0 unspecified atom stereocenters. The topological polar surface area (TPSA) is 321 Å². The number of carbonyl (C=O) groups is 5. The second-order valence-electron chi connectivity index (χ2n) is 19.3. The summed E-state index contributed by atoms with van der Waals surface area (Å²) >= 11 is 6.35. The van der Waals surface area contributed by atoms with Gasteiger partial charge in [-0.05, 0) is 67.8 Å². The minimum Gasteiger partial charge on any atom is -0.480 e. The SMILES string of the molecule is CCN(CCN(CC=O)CCN(CCNCC(=O)NCCOCCOCCOCCOCCOCCC(=O)NCCNc1ncc(-c2cc(C)cc(F)c2)c(N2CCC(N)CC2)c1-c1nc2ccc(Cl)cc2[nH]1)CC(=O)O)CC(=O)O.CO. The van der Waals surface area contributed by atoms with E-state index in [2.05, 4.69) is 31.2 Å². The molecule has 83 heavy (non-hydrogen) atoms. The van der Waals surface area contributed by atoms with E-state index < -0.39 is 11.9 Å². The molecule has 0 spiro atoms. The van der Waals surface area contributed by atoms with Crippen LogP contribution in [-0.2, 0) is 47.7 Å². The van der Waals surface area contributed by atoms with E-state index >= 15 is 0 Å². The quantitative estimate of drug-likeness (QED) is 0.0226. The number of aliphatic hydroxyl groups excluding tert-OH is 1. The molecular formula is C56H86ClFN12O13. The number of hydrogen-bond donors (Lipinski definition) is 9. The molecular weight excluding hydrogens is 1100 g/mol. The Morgan fingerprint density at radius 2 is 1.39 bits per heavy atom. The van der Waals surface area contributed by atoms with E-state index in [1.54, 1.807) is 22.1 Å². The highest BCUT2D eigenvalue weighted by Gasteiger charge is 2.28. The molecule has 1 fully saturated rings. The second-order valence-corrected chi connectivity index (χ2v) is 19.8. The van der Waals surface area contributed by atoms with Crippen molar-refractivity contribution < 1.29 is 67.4 Å². The summed E-state index contributed by atoms with van der Waals surface area (Å²) < 4.78 is 42.7. The minimum absolute atomic E-state index is 0.0421. The number of hydrogen-bond acceptors (Lipinski definition) is 20. The molecule has 1 aliphatic heterocycles. The molecule has 2 aromatic heterocycles. The highest BCUT2D eigenvalue weighted by molar-refractivity contribution is 6.31. The third-order valence-corrected chi connectivity index (χ3v) is 13.3. The average Bonchev–Trinajstić information content (AvgIpc) is 4.05. The summed E-state index contributed by atoms with van der Waals surface area (Å²) in [6.07, 6.45) is 4.27. The number of carboxylic acid groups (broad SMARTS) is 2. The first kappa shape index (κ1) is 69.5. The number of halogens is 2. The van der Waals surface area contributed by atoms with Crippen molar-refractivity contribution in [3.8, 4) is 22.5 Å². The maximum Gasteiger partial charge on any atom is 0.317 e. The van der Waals surface area contributed by atoms with Crippen molar-refractivity contribution in [2.24, 2.45) is 5.73 Å². The number of fused-ring (bicyclic) bond motifs is 1. The van der Waals surface area contributed by atoms with Crippen LogP contribution in [0.4, 0.5) is 15.9 Å². The van der Waals surface area contributed by atoms with E-state index in [-0.39, 0.29) is 62.9 Å². The number of carbonyl (C=O) groups excluding carboxylic acids is 3. The van der Waals surface area contributed by atoms with Gasteiger partial charge in [-0.15, -0.1) is 0 Å². The number of nitrogens with zero attached hydrogens (tertiary/aromatic N) is 6. The van der Waals surface area contributed by atoms with Gasteiger partial charge in [0.1, 0.15) is 23.7 Å². The van der Waals surface area contributed by atoms with Crippen molar-refractivity contribution in [3.05, 3.63) is 59.0 Å². The van der Waals surface area contributed by atoms with Crippen LogP contribution >= 0.6 is 11.6 Å². The number of likely N-dealkylation sites (N-methyl/N-ethyl adjacent to an activating group) is 1. The molecule has 0 saturated carbocycles. The number of carboxylic acids is 2. The Bertz CT molecular complexity index is 2540. The smallest absolute Gasteiger partial charge is 0.317 e. The first-order chi connectivity index (χ1) is 40.2. The molecule has 0 bridgehead atoms. The predicted molar refractivity (Wildman–Crippen MR) is 314 cm³/mol. The summed E-state index contributed by atoms with van der Waals surface area (Å²) in [6.45, 7) is 12.3. The fourth-order valence-corrected chi connectivity index (χ4v) is 9.04. The Labute approximate surface area is 490 Å². The van der Waals surface area contributed by atoms with E-state index in [0.717, 1.165) is 54.1 Å². The highest BCUT2D eigenvalue weighted by atomic mass is 35.5. The van der Waals surface area contributed by atoms with Gasteiger partial charge >= 0.3 is 11.9 Å². The molecule has 2 aromatic carbocycles. The van der Waals surface area contributed by atoms with Gasteiger partial charge in [-0.2, -0.15) is 0 Å². The Morgan fingerprint density at radius 1 is 0.783 bits per heavy atom. The molecule has 2 amide bonds. The maximum absolute atomic E-state index is 14.9. The molecule has 27 heteroatoms. The molecule has 0 atom stereocenters. The normalized spacial score (nSPS) is 12.7. The molecule has 4 aromatic rings. The number of aryl methyl sites for hydroxylation is 1. The second kappa shape index (κ2) is 40.3. The largest absolute Gasteiger partial charge is 0.480 e. The van der Waals surface area contributed by atoms with Crippen LogP contribution in [0.5, 0.6) is 0 Å². The summed E-state index contributed by atoms with van der Waals surface area (Å²) in [6, 6.07) is 10.5. The number of aliphatic hydroxyl groups is 1. The number of aromatic amines is 1. The Kier molecular flexibility index (Phi) is 33.7. The number of nitrogens with one attached hydrogen (secondary N) is 5. The van der Waals surface area contributed by atoms with Gasteiger partial charge in [0.25, 0.3) is 0 Å². The summed E-state index contributed by atoms with van der Waals surface area (Å²) in [5.41, 5.74) is 11.6. The van der Waals surface area contributed by atoms with Crippen molar-refractivity contribution in [3.63, 3.8) is 0 Å². The van der Waals surface area contributed by atoms with Crippen LogP contribution in [0.15, 0.2) is 42.6 Å². The first-order valence-corrected chi connectivity index (χ1v) is 28.4. The molecule has 0 aliphatic carbocycles. The third-order valence-electron chi connectivity index (χ3n) is 13.1. The van der Waals surface area contributed by atoms with E-state index in [9.17, 15) is 33.5 Å².